The van der Waals surface area contributed by atoms with Crippen molar-refractivity contribution in [3.8, 4) is 0 Å². The second-order valence-electron chi connectivity index (χ2n) is 7.40. The Morgan fingerprint density at radius 3 is 2.61 bits per heavy atom. The fourth-order valence-electron chi connectivity index (χ4n) is 3.47. The van der Waals surface area contributed by atoms with Gasteiger partial charge in [0.05, 0.1) is 5.75 Å². The van der Waals surface area contributed by atoms with Crippen LogP contribution in [-0.4, -0.2) is 39.2 Å². The van der Waals surface area contributed by atoms with E-state index in [-0.39, 0.29) is 36.3 Å². The number of guanidine groups is 1. The first-order valence-corrected chi connectivity index (χ1v) is 11.8. The van der Waals surface area contributed by atoms with E-state index in [2.05, 4.69) is 45.7 Å². The molecule has 0 spiro atoms. The number of nitrogens with zero attached hydrogens (tertiary/aromatic N) is 1. The van der Waals surface area contributed by atoms with Crippen molar-refractivity contribution in [3.63, 3.8) is 0 Å². The highest BCUT2D eigenvalue weighted by molar-refractivity contribution is 14.0. The number of benzene rings is 2. The molecular formula is C22H28FIN4O2S. The molecule has 3 N–H and O–H groups in total. The summed E-state index contributed by atoms with van der Waals surface area (Å²) in [7, 11) is -1.56. The van der Waals surface area contributed by atoms with Crippen molar-refractivity contribution in [2.75, 3.05) is 19.8 Å². The molecule has 9 heteroatoms. The van der Waals surface area contributed by atoms with E-state index in [1.54, 1.807) is 7.05 Å². The Labute approximate surface area is 199 Å². The van der Waals surface area contributed by atoms with Crippen LogP contribution in [0.1, 0.15) is 22.3 Å². The first kappa shape index (κ1) is 25.1. The molecule has 2 aromatic carbocycles. The summed E-state index contributed by atoms with van der Waals surface area (Å²) in [4.78, 5) is 7.53. The van der Waals surface area contributed by atoms with Gasteiger partial charge in [0.15, 0.2) is 15.8 Å². The summed E-state index contributed by atoms with van der Waals surface area (Å²) >= 11 is 0. The number of hydrogen-bond donors (Lipinski definition) is 3. The third kappa shape index (κ3) is 6.93. The van der Waals surface area contributed by atoms with Crippen LogP contribution in [0.3, 0.4) is 0 Å². The topological polar surface area (TPSA) is 86.3 Å². The lowest BCUT2D eigenvalue weighted by Gasteiger charge is -2.14. The van der Waals surface area contributed by atoms with Crippen molar-refractivity contribution in [2.45, 2.75) is 25.6 Å². The van der Waals surface area contributed by atoms with Crippen molar-refractivity contribution < 1.29 is 12.8 Å². The van der Waals surface area contributed by atoms with Crippen LogP contribution in [0.4, 0.5) is 4.39 Å². The van der Waals surface area contributed by atoms with E-state index in [0.29, 0.717) is 23.6 Å². The Kier molecular flexibility index (Phi) is 8.87. The maximum absolute atomic E-state index is 13.7. The fourth-order valence-corrected chi connectivity index (χ4v) is 4.31. The number of aromatic nitrogens is 1. The van der Waals surface area contributed by atoms with Gasteiger partial charge >= 0.3 is 0 Å². The van der Waals surface area contributed by atoms with Gasteiger partial charge in [-0.1, -0.05) is 24.3 Å². The molecule has 0 saturated carbocycles. The number of fused-ring (bicyclic) bond motifs is 1. The lowest BCUT2D eigenvalue weighted by atomic mass is 10.1. The Bertz CT molecular complexity index is 1180. The fraction of sp³-hybridized carbons (Fsp3) is 0.318. The van der Waals surface area contributed by atoms with Gasteiger partial charge in [-0.3, -0.25) is 4.99 Å². The highest BCUT2D eigenvalue weighted by Gasteiger charge is 2.11. The molecule has 6 nitrogen and oxygen atoms in total. The summed E-state index contributed by atoms with van der Waals surface area (Å²) < 4.78 is 37.0. The van der Waals surface area contributed by atoms with E-state index in [0.717, 1.165) is 11.9 Å². The summed E-state index contributed by atoms with van der Waals surface area (Å²) in [6, 6.07) is 10.4. The summed E-state index contributed by atoms with van der Waals surface area (Å²) in [5, 5.41) is 7.60. The standard InChI is InChI=1S/C22H27FN4O2S.HI/c1-15-5-4-6-20-16(12-26-21(15)20)9-10-25-22(24-2)27-13-18-11-19(23)8-7-17(18)14-30(3,28)29;/h4-8,11-12,26H,9-10,13-14H2,1-3H3,(H2,24,25,27);1H. The van der Waals surface area contributed by atoms with Gasteiger partial charge in [0, 0.05) is 43.5 Å². The molecule has 0 aliphatic rings. The molecule has 31 heavy (non-hydrogen) atoms. The smallest absolute Gasteiger partial charge is 0.191 e. The first-order chi connectivity index (χ1) is 14.3. The van der Waals surface area contributed by atoms with Crippen LogP contribution in [0.5, 0.6) is 0 Å². The molecule has 3 rings (SSSR count). The zero-order valence-electron chi connectivity index (χ0n) is 17.8. The van der Waals surface area contributed by atoms with Crippen LogP contribution in [0.25, 0.3) is 10.9 Å². The maximum atomic E-state index is 13.7. The highest BCUT2D eigenvalue weighted by atomic mass is 127. The Morgan fingerprint density at radius 2 is 1.90 bits per heavy atom. The lowest BCUT2D eigenvalue weighted by Crippen LogP contribution is -2.38. The normalized spacial score (nSPS) is 11.9. The minimum atomic E-state index is -3.22. The molecule has 0 unspecified atom stereocenters. The van der Waals surface area contributed by atoms with Crippen molar-refractivity contribution in [1.82, 2.24) is 15.6 Å². The third-order valence-electron chi connectivity index (χ3n) is 4.95. The number of aromatic amines is 1. The summed E-state index contributed by atoms with van der Waals surface area (Å²) in [6.45, 7) is 3.02. The molecule has 0 fully saturated rings. The molecule has 0 amide bonds. The third-order valence-corrected chi connectivity index (χ3v) is 5.79. The lowest BCUT2D eigenvalue weighted by molar-refractivity contribution is 0.599. The van der Waals surface area contributed by atoms with Crippen molar-refractivity contribution in [3.05, 3.63) is 70.7 Å². The molecule has 0 radical (unpaired) electrons. The number of aliphatic imine (C=N–C) groups is 1. The van der Waals surface area contributed by atoms with Gasteiger partial charge < -0.3 is 15.6 Å². The number of rotatable bonds is 7. The summed E-state index contributed by atoms with van der Waals surface area (Å²) in [6.07, 6.45) is 4.00. The van der Waals surface area contributed by atoms with Gasteiger partial charge in [-0.05, 0) is 47.7 Å². The Hall–Kier alpha value is -2.14. The maximum Gasteiger partial charge on any atom is 0.191 e. The molecule has 0 atom stereocenters. The van der Waals surface area contributed by atoms with Gasteiger partial charge in [-0.25, -0.2) is 12.8 Å². The molecular weight excluding hydrogens is 530 g/mol. The van der Waals surface area contributed by atoms with E-state index < -0.39 is 15.7 Å². The SMILES string of the molecule is CN=C(NCCc1c[nH]c2c(C)cccc12)NCc1cc(F)ccc1CS(C)(=O)=O.I. The van der Waals surface area contributed by atoms with Gasteiger partial charge in [-0.15, -0.1) is 24.0 Å². The van der Waals surface area contributed by atoms with E-state index in [4.69, 9.17) is 0 Å². The Morgan fingerprint density at radius 1 is 1.13 bits per heavy atom. The average molecular weight is 558 g/mol. The van der Waals surface area contributed by atoms with Crippen LogP contribution in [0.2, 0.25) is 0 Å². The number of hydrogen-bond acceptors (Lipinski definition) is 3. The van der Waals surface area contributed by atoms with Gasteiger partial charge in [0.2, 0.25) is 0 Å². The van der Waals surface area contributed by atoms with Gasteiger partial charge in [0.1, 0.15) is 5.82 Å². The number of sulfone groups is 1. The van der Waals surface area contributed by atoms with Gasteiger partial charge in [-0.2, -0.15) is 0 Å². The van der Waals surface area contributed by atoms with E-state index in [9.17, 15) is 12.8 Å². The van der Waals surface area contributed by atoms with Crippen molar-refractivity contribution in [2.24, 2.45) is 4.99 Å². The number of aryl methyl sites for hydroxylation is 1. The number of H-pyrrole nitrogens is 1. The number of nitrogens with one attached hydrogen (secondary N) is 3. The predicted octanol–water partition coefficient (Wildman–Crippen LogP) is 3.69. The molecule has 1 aromatic heterocycles. The second kappa shape index (κ2) is 10.9. The monoisotopic (exact) mass is 558 g/mol. The molecule has 0 aliphatic carbocycles. The van der Waals surface area contributed by atoms with Crippen LogP contribution < -0.4 is 10.6 Å². The van der Waals surface area contributed by atoms with Crippen LogP contribution in [0.15, 0.2) is 47.6 Å². The minimum Gasteiger partial charge on any atom is -0.361 e. The van der Waals surface area contributed by atoms with E-state index in [1.165, 1.54) is 41.0 Å². The predicted molar refractivity (Wildman–Crippen MR) is 135 cm³/mol. The van der Waals surface area contributed by atoms with Gasteiger partial charge in [0.25, 0.3) is 0 Å². The van der Waals surface area contributed by atoms with Crippen LogP contribution in [0, 0.1) is 12.7 Å². The molecule has 168 valence electrons. The summed E-state index contributed by atoms with van der Waals surface area (Å²) in [5.41, 5.74) is 4.76. The zero-order valence-corrected chi connectivity index (χ0v) is 21.0. The molecule has 3 aromatic rings. The number of halogens is 2. The second-order valence-corrected chi connectivity index (χ2v) is 9.54. The molecule has 0 aliphatic heterocycles. The highest BCUT2D eigenvalue weighted by Crippen LogP contribution is 2.21. The van der Waals surface area contributed by atoms with Crippen molar-refractivity contribution in [1.29, 1.82) is 0 Å². The average Bonchev–Trinajstić information content (AvgIpc) is 3.10. The zero-order chi connectivity index (χ0) is 21.7. The largest absolute Gasteiger partial charge is 0.361 e. The van der Waals surface area contributed by atoms with E-state index >= 15 is 0 Å². The molecule has 0 saturated heterocycles. The van der Waals surface area contributed by atoms with Crippen molar-refractivity contribution >= 4 is 50.7 Å². The minimum absolute atomic E-state index is 0. The molecule has 1 heterocycles. The first-order valence-electron chi connectivity index (χ1n) is 9.72. The molecule has 0 bridgehead atoms. The Balaban J connectivity index is 0.00000341. The number of para-hydroxylation sites is 1. The van der Waals surface area contributed by atoms with E-state index in [1.807, 2.05) is 6.20 Å². The summed E-state index contributed by atoms with van der Waals surface area (Å²) in [5.74, 6) is 0.0401. The quantitative estimate of drug-likeness (QED) is 0.235. The van der Waals surface area contributed by atoms with Crippen LogP contribution >= 0.6 is 24.0 Å². The van der Waals surface area contributed by atoms with Crippen LogP contribution in [-0.2, 0) is 28.6 Å².